The minimum Gasteiger partial charge on any atom is -0.357 e. The third kappa shape index (κ3) is 3.46. The van der Waals surface area contributed by atoms with Crippen molar-refractivity contribution < 1.29 is 4.79 Å². The number of H-pyrrole nitrogens is 1. The molecular weight excluding hydrogens is 286 g/mol. The summed E-state index contributed by atoms with van der Waals surface area (Å²) in [6.07, 6.45) is 1.78. The van der Waals surface area contributed by atoms with Crippen LogP contribution in [-0.2, 0) is 6.54 Å². The molecule has 0 bridgehead atoms. The summed E-state index contributed by atoms with van der Waals surface area (Å²) in [7, 11) is 0. The van der Waals surface area contributed by atoms with Gasteiger partial charge in [-0.3, -0.25) is 9.69 Å². The molecule has 3 rings (SSSR count). The van der Waals surface area contributed by atoms with Crippen molar-refractivity contribution in [3.63, 3.8) is 0 Å². The molecule has 1 aliphatic heterocycles. The van der Waals surface area contributed by atoms with Crippen LogP contribution in [0.4, 0.5) is 0 Å². The molecule has 0 unspecified atom stereocenters. The Bertz CT molecular complexity index is 586. The molecule has 0 radical (unpaired) electrons. The largest absolute Gasteiger partial charge is 0.357 e. The van der Waals surface area contributed by atoms with E-state index in [9.17, 15) is 4.79 Å². The Balaban J connectivity index is 1.53. The molecule has 110 valence electrons. The van der Waals surface area contributed by atoms with E-state index < -0.39 is 0 Å². The van der Waals surface area contributed by atoms with Crippen molar-refractivity contribution in [1.82, 2.24) is 14.8 Å². The zero-order chi connectivity index (χ0) is 14.7. The van der Waals surface area contributed by atoms with Crippen LogP contribution in [0, 0.1) is 0 Å². The van der Waals surface area contributed by atoms with Gasteiger partial charge in [0, 0.05) is 43.9 Å². The first-order valence-corrected chi connectivity index (χ1v) is 7.49. The van der Waals surface area contributed by atoms with E-state index in [2.05, 4.69) is 22.0 Å². The van der Waals surface area contributed by atoms with Crippen LogP contribution in [0.25, 0.3) is 0 Å². The van der Waals surface area contributed by atoms with Gasteiger partial charge in [0.1, 0.15) is 5.69 Å². The van der Waals surface area contributed by atoms with E-state index in [0.29, 0.717) is 5.69 Å². The lowest BCUT2D eigenvalue weighted by molar-refractivity contribution is 0.0623. The molecule has 0 aliphatic carbocycles. The average molecular weight is 304 g/mol. The zero-order valence-corrected chi connectivity index (χ0v) is 12.5. The van der Waals surface area contributed by atoms with E-state index in [0.717, 1.165) is 37.7 Å². The first-order valence-electron chi connectivity index (χ1n) is 7.12. The third-order valence-electron chi connectivity index (χ3n) is 3.81. The number of nitrogens with one attached hydrogen (secondary N) is 1. The average Bonchev–Trinajstić information content (AvgIpc) is 3.04. The topological polar surface area (TPSA) is 39.3 Å². The fourth-order valence-electron chi connectivity index (χ4n) is 2.59. The number of aromatic nitrogens is 1. The predicted octanol–water partition coefficient (Wildman–Crippen LogP) is 2.63. The standard InChI is InChI=1S/C16H18ClN3O/c17-14-5-3-13(4-6-14)12-19-8-10-20(11-9-19)16(21)15-2-1-7-18-15/h1-7,18H,8-12H2. The number of carbonyl (C=O) groups excluding carboxylic acids is 1. The quantitative estimate of drug-likeness (QED) is 0.947. The minimum atomic E-state index is 0.0890. The van der Waals surface area contributed by atoms with E-state index in [1.807, 2.05) is 29.2 Å². The summed E-state index contributed by atoms with van der Waals surface area (Å²) in [6, 6.07) is 11.6. The summed E-state index contributed by atoms with van der Waals surface area (Å²) < 4.78 is 0. The van der Waals surface area contributed by atoms with Crippen molar-refractivity contribution in [1.29, 1.82) is 0 Å². The maximum absolute atomic E-state index is 12.2. The van der Waals surface area contributed by atoms with Crippen LogP contribution in [0.15, 0.2) is 42.6 Å². The summed E-state index contributed by atoms with van der Waals surface area (Å²) in [5.41, 5.74) is 1.92. The van der Waals surface area contributed by atoms with Crippen LogP contribution in [0.5, 0.6) is 0 Å². The van der Waals surface area contributed by atoms with Gasteiger partial charge < -0.3 is 9.88 Å². The van der Waals surface area contributed by atoms with Gasteiger partial charge in [-0.2, -0.15) is 0 Å². The number of nitrogens with zero attached hydrogens (tertiary/aromatic N) is 2. The van der Waals surface area contributed by atoms with E-state index in [1.54, 1.807) is 6.20 Å². The number of rotatable bonds is 3. The first kappa shape index (κ1) is 14.2. The van der Waals surface area contributed by atoms with Gasteiger partial charge in [-0.15, -0.1) is 0 Å². The van der Waals surface area contributed by atoms with E-state index in [-0.39, 0.29) is 5.91 Å². The van der Waals surface area contributed by atoms with Gasteiger partial charge in [0.15, 0.2) is 0 Å². The molecule has 1 aromatic heterocycles. The second-order valence-electron chi connectivity index (χ2n) is 5.28. The lowest BCUT2D eigenvalue weighted by atomic mass is 10.2. The predicted molar refractivity (Wildman–Crippen MR) is 83.4 cm³/mol. The van der Waals surface area contributed by atoms with Gasteiger partial charge in [0.05, 0.1) is 0 Å². The molecule has 0 atom stereocenters. The number of piperazine rings is 1. The smallest absolute Gasteiger partial charge is 0.270 e. The summed E-state index contributed by atoms with van der Waals surface area (Å²) >= 11 is 5.90. The number of benzene rings is 1. The second kappa shape index (κ2) is 6.33. The molecule has 0 saturated carbocycles. The lowest BCUT2D eigenvalue weighted by Gasteiger charge is -2.34. The zero-order valence-electron chi connectivity index (χ0n) is 11.8. The number of carbonyl (C=O) groups is 1. The molecule has 1 N–H and O–H groups in total. The summed E-state index contributed by atoms with van der Waals surface area (Å²) in [5.74, 6) is 0.0890. The third-order valence-corrected chi connectivity index (χ3v) is 4.06. The van der Waals surface area contributed by atoms with Crippen molar-refractivity contribution in [2.24, 2.45) is 0 Å². The van der Waals surface area contributed by atoms with Crippen LogP contribution < -0.4 is 0 Å². The SMILES string of the molecule is O=C(c1ccc[nH]1)N1CCN(Cc2ccc(Cl)cc2)CC1. The fourth-order valence-corrected chi connectivity index (χ4v) is 2.72. The number of hydrogen-bond donors (Lipinski definition) is 1. The van der Waals surface area contributed by atoms with Crippen LogP contribution in [0.3, 0.4) is 0 Å². The highest BCUT2D eigenvalue weighted by Crippen LogP contribution is 2.13. The number of halogens is 1. The van der Waals surface area contributed by atoms with Crippen molar-refractivity contribution in [2.75, 3.05) is 26.2 Å². The summed E-state index contributed by atoms with van der Waals surface area (Å²) in [6.45, 7) is 4.24. The molecule has 1 aromatic carbocycles. The number of aromatic amines is 1. The monoisotopic (exact) mass is 303 g/mol. The van der Waals surface area contributed by atoms with Gasteiger partial charge in [-0.25, -0.2) is 0 Å². The van der Waals surface area contributed by atoms with Crippen LogP contribution >= 0.6 is 11.6 Å². The molecule has 2 heterocycles. The van der Waals surface area contributed by atoms with Crippen LogP contribution in [0.1, 0.15) is 16.1 Å². The minimum absolute atomic E-state index is 0.0890. The van der Waals surface area contributed by atoms with Gasteiger partial charge in [-0.05, 0) is 29.8 Å². The lowest BCUT2D eigenvalue weighted by Crippen LogP contribution is -2.48. The molecule has 1 saturated heterocycles. The Hall–Kier alpha value is -1.78. The molecule has 1 aliphatic rings. The molecule has 1 fully saturated rings. The van der Waals surface area contributed by atoms with Crippen molar-refractivity contribution >= 4 is 17.5 Å². The van der Waals surface area contributed by atoms with Crippen molar-refractivity contribution in [3.05, 3.63) is 58.9 Å². The Labute approximate surface area is 129 Å². The Kier molecular flexibility index (Phi) is 4.27. The Morgan fingerprint density at radius 2 is 1.81 bits per heavy atom. The van der Waals surface area contributed by atoms with Crippen molar-refractivity contribution in [2.45, 2.75) is 6.54 Å². The first-order chi connectivity index (χ1) is 10.2. The molecule has 5 heteroatoms. The van der Waals surface area contributed by atoms with Gasteiger partial charge in [0.2, 0.25) is 0 Å². The highest BCUT2D eigenvalue weighted by molar-refractivity contribution is 6.30. The highest BCUT2D eigenvalue weighted by Gasteiger charge is 2.22. The van der Waals surface area contributed by atoms with E-state index in [1.165, 1.54) is 5.56 Å². The van der Waals surface area contributed by atoms with Gasteiger partial charge >= 0.3 is 0 Å². The Morgan fingerprint density at radius 1 is 1.10 bits per heavy atom. The summed E-state index contributed by atoms with van der Waals surface area (Å²) in [4.78, 5) is 19.5. The maximum atomic E-state index is 12.2. The fraction of sp³-hybridized carbons (Fsp3) is 0.312. The number of hydrogen-bond acceptors (Lipinski definition) is 2. The van der Waals surface area contributed by atoms with Gasteiger partial charge in [0.25, 0.3) is 5.91 Å². The van der Waals surface area contributed by atoms with Crippen molar-refractivity contribution in [3.8, 4) is 0 Å². The van der Waals surface area contributed by atoms with Crippen LogP contribution in [0.2, 0.25) is 5.02 Å². The van der Waals surface area contributed by atoms with E-state index >= 15 is 0 Å². The normalized spacial score (nSPS) is 16.1. The number of amides is 1. The molecule has 21 heavy (non-hydrogen) atoms. The molecular formula is C16H18ClN3O. The van der Waals surface area contributed by atoms with E-state index in [4.69, 9.17) is 11.6 Å². The van der Waals surface area contributed by atoms with Gasteiger partial charge in [-0.1, -0.05) is 23.7 Å². The second-order valence-corrected chi connectivity index (χ2v) is 5.72. The Morgan fingerprint density at radius 3 is 2.43 bits per heavy atom. The maximum Gasteiger partial charge on any atom is 0.270 e. The molecule has 4 nitrogen and oxygen atoms in total. The summed E-state index contributed by atoms with van der Waals surface area (Å²) in [5, 5.41) is 0.764. The van der Waals surface area contributed by atoms with Crippen LogP contribution in [-0.4, -0.2) is 46.9 Å². The molecule has 2 aromatic rings. The molecule has 1 amide bonds. The molecule has 0 spiro atoms. The highest BCUT2D eigenvalue weighted by atomic mass is 35.5.